The van der Waals surface area contributed by atoms with E-state index in [1.54, 1.807) is 23.2 Å². The topological polar surface area (TPSA) is 73.8 Å². The summed E-state index contributed by atoms with van der Waals surface area (Å²) in [5, 5.41) is 3.27. The summed E-state index contributed by atoms with van der Waals surface area (Å²) in [6.45, 7) is 5.40. The van der Waals surface area contributed by atoms with Gasteiger partial charge >= 0.3 is 6.03 Å². The molecule has 9 heteroatoms. The van der Waals surface area contributed by atoms with Crippen molar-refractivity contribution in [1.82, 2.24) is 20.2 Å². The molecule has 3 fully saturated rings. The highest BCUT2D eigenvalue weighted by Gasteiger charge is 2.50. The number of ether oxygens (including phenoxy) is 1. The van der Waals surface area contributed by atoms with Crippen molar-refractivity contribution in [3.05, 3.63) is 47.5 Å². The summed E-state index contributed by atoms with van der Waals surface area (Å²) in [6.07, 6.45) is 5.07. The number of nitrogens with one attached hydrogen (secondary N) is 1. The molecule has 0 radical (unpaired) electrons. The second-order valence-electron chi connectivity index (χ2n) is 9.97. The zero-order chi connectivity index (χ0) is 23.9. The van der Waals surface area contributed by atoms with Gasteiger partial charge in [0.2, 0.25) is 5.95 Å². The number of rotatable bonds is 4. The molecule has 1 aliphatic carbocycles. The van der Waals surface area contributed by atoms with Crippen LogP contribution < -0.4 is 15.1 Å². The molecule has 1 spiro atoms. The molecule has 1 aromatic carbocycles. The number of amides is 2. The van der Waals surface area contributed by atoms with Gasteiger partial charge < -0.3 is 15.0 Å². The SMILES string of the molecule is Cc1nc(N2CCOCC2)ncc1N1CC2(CCC(c3cccc(F)c3)(N(C)C)CC2)NC1=O. The first-order valence-corrected chi connectivity index (χ1v) is 12.0. The van der Waals surface area contributed by atoms with Gasteiger partial charge in [-0.15, -0.1) is 0 Å². The fourth-order valence-electron chi connectivity index (χ4n) is 5.73. The van der Waals surface area contributed by atoms with Gasteiger partial charge in [0.25, 0.3) is 0 Å². The second kappa shape index (κ2) is 8.78. The van der Waals surface area contributed by atoms with Crippen molar-refractivity contribution in [3.8, 4) is 0 Å². The highest BCUT2D eigenvalue weighted by atomic mass is 19.1. The largest absolute Gasteiger partial charge is 0.378 e. The Bertz CT molecular complexity index is 1060. The zero-order valence-electron chi connectivity index (χ0n) is 20.2. The summed E-state index contributed by atoms with van der Waals surface area (Å²) in [7, 11) is 4.11. The average Bonchev–Trinajstić information content (AvgIpc) is 3.15. The summed E-state index contributed by atoms with van der Waals surface area (Å²) < 4.78 is 19.4. The lowest BCUT2D eigenvalue weighted by Crippen LogP contribution is -2.54. The molecule has 0 unspecified atom stereocenters. The van der Waals surface area contributed by atoms with Crippen molar-refractivity contribution in [1.29, 1.82) is 0 Å². The smallest absolute Gasteiger partial charge is 0.322 e. The number of morpholine rings is 1. The van der Waals surface area contributed by atoms with E-state index in [1.165, 1.54) is 6.07 Å². The minimum absolute atomic E-state index is 0.103. The molecule has 34 heavy (non-hydrogen) atoms. The molecule has 8 nitrogen and oxygen atoms in total. The van der Waals surface area contributed by atoms with Gasteiger partial charge in [-0.05, 0) is 64.4 Å². The molecule has 1 aromatic heterocycles. The lowest BCUT2D eigenvalue weighted by Gasteiger charge is -2.48. The number of carbonyl (C=O) groups is 1. The molecule has 182 valence electrons. The second-order valence-corrected chi connectivity index (χ2v) is 9.97. The Morgan fingerprint density at radius 2 is 1.88 bits per heavy atom. The van der Waals surface area contributed by atoms with Gasteiger partial charge in [0, 0.05) is 18.6 Å². The summed E-state index contributed by atoms with van der Waals surface area (Å²) in [4.78, 5) is 28.4. The van der Waals surface area contributed by atoms with Gasteiger partial charge in [0.15, 0.2) is 0 Å². The maximum atomic E-state index is 14.0. The van der Waals surface area contributed by atoms with E-state index in [2.05, 4.69) is 34.2 Å². The predicted molar refractivity (Wildman–Crippen MR) is 129 cm³/mol. The van der Waals surface area contributed by atoms with Crippen molar-refractivity contribution in [3.63, 3.8) is 0 Å². The van der Waals surface area contributed by atoms with Crippen molar-refractivity contribution < 1.29 is 13.9 Å². The van der Waals surface area contributed by atoms with Gasteiger partial charge in [-0.25, -0.2) is 19.2 Å². The number of hydrogen-bond acceptors (Lipinski definition) is 6. The minimum atomic E-state index is -0.306. The number of carbonyl (C=O) groups excluding carboxylic acids is 1. The van der Waals surface area contributed by atoms with Gasteiger partial charge in [0.1, 0.15) is 5.82 Å². The minimum Gasteiger partial charge on any atom is -0.378 e. The normalized spacial score (nSPS) is 27.5. The van der Waals surface area contributed by atoms with E-state index in [0.717, 1.165) is 55.7 Å². The monoisotopic (exact) mass is 468 g/mol. The Kier molecular flexibility index (Phi) is 5.93. The zero-order valence-corrected chi connectivity index (χ0v) is 20.2. The highest BCUT2D eigenvalue weighted by Crippen LogP contribution is 2.46. The van der Waals surface area contributed by atoms with Crippen LogP contribution in [0.1, 0.15) is 36.9 Å². The molecule has 5 rings (SSSR count). The van der Waals surface area contributed by atoms with Crippen LogP contribution in [-0.4, -0.2) is 73.4 Å². The number of hydrogen-bond donors (Lipinski definition) is 1. The number of aryl methyl sites for hydroxylation is 1. The third kappa shape index (κ3) is 4.01. The summed E-state index contributed by atoms with van der Waals surface area (Å²) >= 11 is 0. The van der Waals surface area contributed by atoms with Crippen LogP contribution in [0.2, 0.25) is 0 Å². The molecule has 1 N–H and O–H groups in total. The van der Waals surface area contributed by atoms with Gasteiger partial charge in [-0.3, -0.25) is 9.80 Å². The molecular weight excluding hydrogens is 435 g/mol. The number of urea groups is 1. The van der Waals surface area contributed by atoms with Crippen molar-refractivity contribution in [2.45, 2.75) is 43.7 Å². The summed E-state index contributed by atoms with van der Waals surface area (Å²) in [5.74, 6) is 0.470. The van der Waals surface area contributed by atoms with Crippen LogP contribution in [0.4, 0.5) is 20.8 Å². The molecule has 2 saturated heterocycles. The molecule has 2 aliphatic heterocycles. The summed E-state index contributed by atoms with van der Waals surface area (Å²) in [5.41, 5.74) is 1.99. The number of anilines is 2. The Morgan fingerprint density at radius 3 is 2.53 bits per heavy atom. The first kappa shape index (κ1) is 23.0. The number of benzene rings is 1. The van der Waals surface area contributed by atoms with Gasteiger partial charge in [-0.1, -0.05) is 12.1 Å². The fourth-order valence-corrected chi connectivity index (χ4v) is 5.73. The Hall–Kier alpha value is -2.78. The van der Waals surface area contributed by atoms with E-state index in [0.29, 0.717) is 25.7 Å². The maximum Gasteiger partial charge on any atom is 0.322 e. The molecule has 2 amide bonds. The first-order chi connectivity index (χ1) is 16.3. The van der Waals surface area contributed by atoms with E-state index in [1.807, 2.05) is 13.0 Å². The van der Waals surface area contributed by atoms with Crippen LogP contribution in [0, 0.1) is 12.7 Å². The quantitative estimate of drug-likeness (QED) is 0.744. The molecule has 2 aromatic rings. The predicted octanol–water partition coefficient (Wildman–Crippen LogP) is 3.06. The molecule has 0 bridgehead atoms. The Labute approximate surface area is 200 Å². The first-order valence-electron chi connectivity index (χ1n) is 12.0. The van der Waals surface area contributed by atoms with Crippen LogP contribution >= 0.6 is 0 Å². The van der Waals surface area contributed by atoms with Crippen molar-refractivity contribution in [2.24, 2.45) is 0 Å². The molecule has 1 saturated carbocycles. The van der Waals surface area contributed by atoms with E-state index < -0.39 is 0 Å². The van der Waals surface area contributed by atoms with Crippen LogP contribution in [0.25, 0.3) is 0 Å². The summed E-state index contributed by atoms with van der Waals surface area (Å²) in [6, 6.07) is 6.82. The third-order valence-electron chi connectivity index (χ3n) is 7.86. The fraction of sp³-hybridized carbons (Fsp3) is 0.560. The maximum absolute atomic E-state index is 14.0. The Morgan fingerprint density at radius 1 is 1.15 bits per heavy atom. The number of halogens is 1. The van der Waals surface area contributed by atoms with E-state index in [-0.39, 0.29) is 22.9 Å². The van der Waals surface area contributed by atoms with Crippen LogP contribution in [0.5, 0.6) is 0 Å². The van der Waals surface area contributed by atoms with Crippen LogP contribution in [-0.2, 0) is 10.3 Å². The van der Waals surface area contributed by atoms with Gasteiger partial charge in [0.05, 0.1) is 42.9 Å². The molecule has 3 aliphatic rings. The van der Waals surface area contributed by atoms with Crippen LogP contribution in [0.3, 0.4) is 0 Å². The Balaban J connectivity index is 1.33. The molecule has 0 atom stereocenters. The molecular formula is C25H33FN6O2. The number of aromatic nitrogens is 2. The van der Waals surface area contributed by atoms with Crippen LogP contribution in [0.15, 0.2) is 30.5 Å². The lowest BCUT2D eigenvalue weighted by molar-refractivity contribution is 0.0655. The van der Waals surface area contributed by atoms with Crippen molar-refractivity contribution >= 4 is 17.7 Å². The lowest BCUT2D eigenvalue weighted by atomic mass is 9.69. The van der Waals surface area contributed by atoms with E-state index >= 15 is 0 Å². The standard InChI is InChI=1S/C25H33FN6O2/c1-18-21(16-27-22(28-18)31-11-13-34-14-12-31)32-17-24(29-23(32)33)7-9-25(10-8-24,30(2)3)19-5-4-6-20(26)15-19/h4-6,15-16H,7-14,17H2,1-3H3,(H,29,33). The van der Waals surface area contributed by atoms with E-state index in [9.17, 15) is 9.18 Å². The number of nitrogens with zero attached hydrogens (tertiary/aromatic N) is 5. The van der Waals surface area contributed by atoms with E-state index in [4.69, 9.17) is 9.72 Å². The average molecular weight is 469 g/mol. The third-order valence-corrected chi connectivity index (χ3v) is 7.86. The molecule has 3 heterocycles. The van der Waals surface area contributed by atoms with Gasteiger partial charge in [-0.2, -0.15) is 0 Å². The highest BCUT2D eigenvalue weighted by molar-refractivity contribution is 5.95. The van der Waals surface area contributed by atoms with Crippen molar-refractivity contribution in [2.75, 3.05) is 56.7 Å².